The van der Waals surface area contributed by atoms with Crippen molar-refractivity contribution in [1.82, 2.24) is 0 Å². The molecule has 0 aromatic heterocycles. The standard InChI is InChI=1S/C6H13N5/c1-2-5(4(8)3-7)11-6(9)10/h4-5H,2,8H2,1H3,(H4,9,10,11). The summed E-state index contributed by atoms with van der Waals surface area (Å²) < 4.78 is 0. The molecule has 0 spiro atoms. The van der Waals surface area contributed by atoms with Crippen LogP contribution in [0.25, 0.3) is 0 Å². The molecule has 0 aromatic rings. The Labute approximate surface area is 65.9 Å². The van der Waals surface area contributed by atoms with Crippen molar-refractivity contribution in [2.75, 3.05) is 0 Å². The van der Waals surface area contributed by atoms with Crippen molar-refractivity contribution >= 4 is 5.96 Å². The Balaban J connectivity index is 4.20. The molecule has 0 aliphatic carbocycles. The molecule has 0 fully saturated rings. The predicted molar refractivity (Wildman–Crippen MR) is 43.5 cm³/mol. The first-order valence-electron chi connectivity index (χ1n) is 3.35. The number of hydrogen-bond donors (Lipinski definition) is 3. The van der Waals surface area contributed by atoms with Crippen LogP contribution < -0.4 is 17.2 Å². The number of nitrogens with zero attached hydrogens (tertiary/aromatic N) is 2. The summed E-state index contributed by atoms with van der Waals surface area (Å²) in [5, 5.41) is 8.42. The normalized spacial score (nSPS) is 14.6. The average Bonchev–Trinajstić information content (AvgIpc) is 1.98. The fraction of sp³-hybridized carbons (Fsp3) is 0.667. The van der Waals surface area contributed by atoms with Crippen molar-refractivity contribution in [3.05, 3.63) is 0 Å². The highest BCUT2D eigenvalue weighted by Crippen LogP contribution is 2.00. The summed E-state index contributed by atoms with van der Waals surface area (Å²) in [5.41, 5.74) is 15.6. The third kappa shape index (κ3) is 3.43. The molecule has 0 aromatic carbocycles. The number of nitriles is 1. The summed E-state index contributed by atoms with van der Waals surface area (Å²) in [4.78, 5) is 3.79. The van der Waals surface area contributed by atoms with Crippen LogP contribution in [0.5, 0.6) is 0 Å². The van der Waals surface area contributed by atoms with E-state index in [-0.39, 0.29) is 12.0 Å². The topological polar surface area (TPSA) is 114 Å². The Bertz CT molecular complexity index is 176. The molecule has 0 radical (unpaired) electrons. The van der Waals surface area contributed by atoms with Gasteiger partial charge in [0.2, 0.25) is 0 Å². The summed E-state index contributed by atoms with van der Waals surface area (Å²) in [6, 6.07) is 0.971. The van der Waals surface area contributed by atoms with Crippen LogP contribution >= 0.6 is 0 Å². The van der Waals surface area contributed by atoms with Gasteiger partial charge in [0, 0.05) is 0 Å². The Morgan fingerprint density at radius 3 is 2.45 bits per heavy atom. The smallest absolute Gasteiger partial charge is 0.186 e. The van der Waals surface area contributed by atoms with Gasteiger partial charge in [0.25, 0.3) is 0 Å². The van der Waals surface area contributed by atoms with Crippen LogP contribution in [0, 0.1) is 11.3 Å². The van der Waals surface area contributed by atoms with Crippen LogP contribution in [0.1, 0.15) is 13.3 Å². The Morgan fingerprint density at radius 2 is 2.18 bits per heavy atom. The monoisotopic (exact) mass is 155 g/mol. The third-order valence-electron chi connectivity index (χ3n) is 1.30. The van der Waals surface area contributed by atoms with Crippen LogP contribution in [0.4, 0.5) is 0 Å². The maximum atomic E-state index is 8.42. The highest BCUT2D eigenvalue weighted by molar-refractivity contribution is 5.75. The van der Waals surface area contributed by atoms with Crippen molar-refractivity contribution in [2.24, 2.45) is 22.2 Å². The van der Waals surface area contributed by atoms with E-state index in [2.05, 4.69) is 4.99 Å². The molecule has 2 atom stereocenters. The van der Waals surface area contributed by atoms with Gasteiger partial charge in [-0.2, -0.15) is 5.26 Å². The molecule has 0 saturated heterocycles. The van der Waals surface area contributed by atoms with Crippen LogP contribution in [-0.2, 0) is 0 Å². The molecule has 0 rings (SSSR count). The van der Waals surface area contributed by atoms with E-state index < -0.39 is 6.04 Å². The van der Waals surface area contributed by atoms with Gasteiger partial charge in [-0.1, -0.05) is 6.92 Å². The largest absolute Gasteiger partial charge is 0.370 e. The van der Waals surface area contributed by atoms with Gasteiger partial charge in [-0.25, -0.2) is 4.99 Å². The predicted octanol–water partition coefficient (Wildman–Crippen LogP) is -1.11. The zero-order valence-corrected chi connectivity index (χ0v) is 6.49. The van der Waals surface area contributed by atoms with E-state index in [1.54, 1.807) is 0 Å². The van der Waals surface area contributed by atoms with E-state index in [9.17, 15) is 0 Å². The Hall–Kier alpha value is -1.28. The van der Waals surface area contributed by atoms with Crippen LogP contribution in [-0.4, -0.2) is 18.0 Å². The van der Waals surface area contributed by atoms with Crippen LogP contribution in [0.2, 0.25) is 0 Å². The fourth-order valence-corrected chi connectivity index (χ4v) is 0.703. The molecule has 5 heteroatoms. The number of hydrogen-bond acceptors (Lipinski definition) is 3. The summed E-state index contributed by atoms with van der Waals surface area (Å²) >= 11 is 0. The van der Waals surface area contributed by atoms with Crippen molar-refractivity contribution in [3.8, 4) is 6.07 Å². The van der Waals surface area contributed by atoms with Gasteiger partial charge in [0.05, 0.1) is 12.1 Å². The van der Waals surface area contributed by atoms with Crippen LogP contribution in [0.15, 0.2) is 4.99 Å². The first kappa shape index (κ1) is 9.72. The summed E-state index contributed by atoms with van der Waals surface area (Å²) in [6.45, 7) is 1.87. The lowest BCUT2D eigenvalue weighted by molar-refractivity contribution is 0.591. The zero-order chi connectivity index (χ0) is 8.85. The van der Waals surface area contributed by atoms with E-state index in [0.717, 1.165) is 0 Å². The van der Waals surface area contributed by atoms with E-state index in [4.69, 9.17) is 22.5 Å². The second-order valence-electron chi connectivity index (χ2n) is 2.18. The number of rotatable bonds is 3. The zero-order valence-electron chi connectivity index (χ0n) is 6.49. The average molecular weight is 155 g/mol. The molecule has 11 heavy (non-hydrogen) atoms. The molecule has 5 nitrogen and oxygen atoms in total. The fourth-order valence-electron chi connectivity index (χ4n) is 0.703. The number of guanidine groups is 1. The van der Waals surface area contributed by atoms with E-state index in [1.165, 1.54) is 0 Å². The summed E-state index contributed by atoms with van der Waals surface area (Å²) in [5.74, 6) is -0.0254. The van der Waals surface area contributed by atoms with Gasteiger partial charge in [0.1, 0.15) is 6.04 Å². The molecule has 62 valence electrons. The van der Waals surface area contributed by atoms with Gasteiger partial charge in [-0.05, 0) is 6.42 Å². The van der Waals surface area contributed by atoms with Gasteiger partial charge in [-0.3, -0.25) is 0 Å². The van der Waals surface area contributed by atoms with Crippen molar-refractivity contribution in [1.29, 1.82) is 5.26 Å². The molecule has 0 aliphatic rings. The van der Waals surface area contributed by atoms with Crippen molar-refractivity contribution in [3.63, 3.8) is 0 Å². The molecule has 0 heterocycles. The van der Waals surface area contributed by atoms with Crippen molar-refractivity contribution < 1.29 is 0 Å². The molecule has 2 unspecified atom stereocenters. The Morgan fingerprint density at radius 1 is 1.64 bits per heavy atom. The van der Waals surface area contributed by atoms with E-state index in [1.807, 2.05) is 13.0 Å². The van der Waals surface area contributed by atoms with Gasteiger partial charge in [-0.15, -0.1) is 0 Å². The minimum Gasteiger partial charge on any atom is -0.370 e. The lowest BCUT2D eigenvalue weighted by atomic mass is 10.1. The lowest BCUT2D eigenvalue weighted by Crippen LogP contribution is -2.35. The van der Waals surface area contributed by atoms with Crippen molar-refractivity contribution in [2.45, 2.75) is 25.4 Å². The third-order valence-corrected chi connectivity index (χ3v) is 1.30. The van der Waals surface area contributed by atoms with E-state index >= 15 is 0 Å². The maximum absolute atomic E-state index is 8.42. The molecular formula is C6H13N5. The first-order chi connectivity index (χ1) is 5.11. The highest BCUT2D eigenvalue weighted by Gasteiger charge is 2.13. The SMILES string of the molecule is CCC(N=C(N)N)C(N)C#N. The number of nitrogens with two attached hydrogens (primary N) is 3. The lowest BCUT2D eigenvalue weighted by Gasteiger charge is -2.11. The molecule has 0 aliphatic heterocycles. The molecular weight excluding hydrogens is 142 g/mol. The highest BCUT2D eigenvalue weighted by atomic mass is 15.0. The molecule has 0 bridgehead atoms. The van der Waals surface area contributed by atoms with Gasteiger partial charge in [0.15, 0.2) is 5.96 Å². The molecule has 0 saturated carbocycles. The maximum Gasteiger partial charge on any atom is 0.186 e. The second-order valence-corrected chi connectivity index (χ2v) is 2.18. The Kier molecular flexibility index (Phi) is 4.00. The minimum atomic E-state index is -0.623. The molecule has 0 amide bonds. The van der Waals surface area contributed by atoms with Gasteiger partial charge < -0.3 is 17.2 Å². The minimum absolute atomic E-state index is 0.0254. The summed E-state index contributed by atoms with van der Waals surface area (Å²) in [7, 11) is 0. The van der Waals surface area contributed by atoms with Crippen LogP contribution in [0.3, 0.4) is 0 Å². The van der Waals surface area contributed by atoms with E-state index in [0.29, 0.717) is 6.42 Å². The second kappa shape index (κ2) is 4.52. The van der Waals surface area contributed by atoms with Gasteiger partial charge >= 0.3 is 0 Å². The first-order valence-corrected chi connectivity index (χ1v) is 3.35. The summed E-state index contributed by atoms with van der Waals surface area (Å²) in [6.07, 6.45) is 0.659. The number of aliphatic imine (C=N–C) groups is 1. The quantitative estimate of drug-likeness (QED) is 0.354. The molecule has 6 N–H and O–H groups in total.